The topological polar surface area (TPSA) is 64.4 Å². The second-order valence-electron chi connectivity index (χ2n) is 5.03. The van der Waals surface area contributed by atoms with Crippen LogP contribution in [0.4, 0.5) is 20.2 Å². The Hall–Kier alpha value is -1.76. The van der Waals surface area contributed by atoms with Gasteiger partial charge in [-0.3, -0.25) is 10.1 Å². The lowest BCUT2D eigenvalue weighted by molar-refractivity contribution is -0.385. The quantitative estimate of drug-likeness (QED) is 0.471. The summed E-state index contributed by atoms with van der Waals surface area (Å²) in [7, 11) is 0. The fourth-order valence-corrected chi connectivity index (χ4v) is 2.47. The number of non-ortho nitro benzene ring substituents is 1. The Kier molecular flexibility index (Phi) is 5.44. The number of nitrogens with one attached hydrogen (secondary N) is 1. The van der Waals surface area contributed by atoms with Gasteiger partial charge in [-0.05, 0) is 18.9 Å². The summed E-state index contributed by atoms with van der Waals surface area (Å²) >= 11 is 0. The SMILES string of the molecule is O=[N+]([O-])c1ccc(NCCOC2CCCC2)c(C(F)F)c1. The van der Waals surface area contributed by atoms with Gasteiger partial charge in [0.05, 0.1) is 17.6 Å². The van der Waals surface area contributed by atoms with E-state index in [1.54, 1.807) is 0 Å². The number of halogens is 2. The number of alkyl halides is 2. The molecule has 0 bridgehead atoms. The average Bonchev–Trinajstić information content (AvgIpc) is 2.96. The molecule has 0 aliphatic heterocycles. The van der Waals surface area contributed by atoms with Gasteiger partial charge in [0.25, 0.3) is 12.1 Å². The third kappa shape index (κ3) is 4.35. The molecular weight excluding hydrogens is 282 g/mol. The van der Waals surface area contributed by atoms with Gasteiger partial charge in [0.15, 0.2) is 0 Å². The predicted molar refractivity (Wildman–Crippen MR) is 74.8 cm³/mol. The van der Waals surface area contributed by atoms with E-state index in [0.717, 1.165) is 18.9 Å². The van der Waals surface area contributed by atoms with Crippen molar-refractivity contribution >= 4 is 11.4 Å². The largest absolute Gasteiger partial charge is 0.382 e. The zero-order chi connectivity index (χ0) is 15.2. The molecule has 116 valence electrons. The molecule has 5 nitrogen and oxygen atoms in total. The van der Waals surface area contributed by atoms with Crippen LogP contribution in [0.25, 0.3) is 0 Å². The molecule has 1 fully saturated rings. The van der Waals surface area contributed by atoms with Crippen molar-refractivity contribution in [1.29, 1.82) is 0 Å². The highest BCUT2D eigenvalue weighted by Crippen LogP contribution is 2.30. The third-order valence-corrected chi connectivity index (χ3v) is 3.55. The van der Waals surface area contributed by atoms with Crippen molar-refractivity contribution in [2.24, 2.45) is 0 Å². The Bertz CT molecular complexity index is 491. The maximum atomic E-state index is 12.9. The summed E-state index contributed by atoms with van der Waals surface area (Å²) in [5, 5.41) is 13.5. The molecule has 0 saturated heterocycles. The van der Waals surface area contributed by atoms with Crippen LogP contribution in [-0.2, 0) is 4.74 Å². The zero-order valence-corrected chi connectivity index (χ0v) is 11.6. The van der Waals surface area contributed by atoms with Crippen molar-refractivity contribution in [3.8, 4) is 0 Å². The van der Waals surface area contributed by atoms with Crippen molar-refractivity contribution in [3.05, 3.63) is 33.9 Å². The summed E-state index contributed by atoms with van der Waals surface area (Å²) in [6.45, 7) is 0.832. The highest BCUT2D eigenvalue weighted by molar-refractivity contribution is 5.56. The molecule has 7 heteroatoms. The molecule has 2 rings (SSSR count). The Balaban J connectivity index is 1.90. The number of ether oxygens (including phenoxy) is 1. The van der Waals surface area contributed by atoms with Crippen LogP contribution in [0.15, 0.2) is 18.2 Å². The summed E-state index contributed by atoms with van der Waals surface area (Å²) < 4.78 is 31.5. The molecule has 1 N–H and O–H groups in total. The third-order valence-electron chi connectivity index (χ3n) is 3.55. The molecule has 1 aromatic carbocycles. The lowest BCUT2D eigenvalue weighted by Gasteiger charge is -2.14. The fourth-order valence-electron chi connectivity index (χ4n) is 2.47. The van der Waals surface area contributed by atoms with E-state index in [1.165, 1.54) is 25.0 Å². The Labute approximate surface area is 121 Å². The van der Waals surface area contributed by atoms with Crippen molar-refractivity contribution in [2.45, 2.75) is 38.2 Å². The minimum Gasteiger partial charge on any atom is -0.382 e. The highest BCUT2D eigenvalue weighted by Gasteiger charge is 2.18. The Morgan fingerprint density at radius 2 is 2.10 bits per heavy atom. The monoisotopic (exact) mass is 300 g/mol. The summed E-state index contributed by atoms with van der Waals surface area (Å²) in [4.78, 5) is 9.93. The number of nitro benzene ring substituents is 1. The minimum absolute atomic E-state index is 0.214. The van der Waals surface area contributed by atoms with Crippen molar-refractivity contribution in [3.63, 3.8) is 0 Å². The molecule has 1 saturated carbocycles. The number of hydrogen-bond donors (Lipinski definition) is 1. The molecule has 0 amide bonds. The van der Waals surface area contributed by atoms with Crippen molar-refractivity contribution in [2.75, 3.05) is 18.5 Å². The molecule has 0 unspecified atom stereocenters. The molecule has 1 aliphatic carbocycles. The maximum Gasteiger partial charge on any atom is 0.270 e. The summed E-state index contributed by atoms with van der Waals surface area (Å²) in [6, 6.07) is 3.44. The smallest absolute Gasteiger partial charge is 0.270 e. The second-order valence-corrected chi connectivity index (χ2v) is 5.03. The number of rotatable bonds is 7. The van der Waals surface area contributed by atoms with Crippen LogP contribution in [0.1, 0.15) is 37.7 Å². The van der Waals surface area contributed by atoms with Crippen LogP contribution in [0.5, 0.6) is 0 Å². The maximum absolute atomic E-state index is 12.9. The lowest BCUT2D eigenvalue weighted by Crippen LogP contribution is -2.16. The second kappa shape index (κ2) is 7.31. The fraction of sp³-hybridized carbons (Fsp3) is 0.571. The van der Waals surface area contributed by atoms with Gasteiger partial charge in [-0.2, -0.15) is 0 Å². The first-order chi connectivity index (χ1) is 10.1. The van der Waals surface area contributed by atoms with Gasteiger partial charge in [0.1, 0.15) is 0 Å². The molecule has 21 heavy (non-hydrogen) atoms. The number of nitrogens with zero attached hydrogens (tertiary/aromatic N) is 1. The van der Waals surface area contributed by atoms with Gasteiger partial charge < -0.3 is 10.1 Å². The number of anilines is 1. The van der Waals surface area contributed by atoms with Gasteiger partial charge in [-0.15, -0.1) is 0 Å². The zero-order valence-electron chi connectivity index (χ0n) is 11.6. The molecule has 1 aliphatic rings. The standard InChI is InChI=1S/C14H18F2N2O3/c15-14(16)12-9-10(18(19)20)5-6-13(12)17-7-8-21-11-3-1-2-4-11/h5-6,9,11,14,17H,1-4,7-8H2. The van der Waals surface area contributed by atoms with Gasteiger partial charge >= 0.3 is 0 Å². The van der Waals surface area contributed by atoms with E-state index in [1.807, 2.05) is 0 Å². The van der Waals surface area contributed by atoms with Gasteiger partial charge in [-0.1, -0.05) is 12.8 Å². The van der Waals surface area contributed by atoms with E-state index in [9.17, 15) is 18.9 Å². The molecule has 0 atom stereocenters. The van der Waals surface area contributed by atoms with E-state index in [-0.39, 0.29) is 23.0 Å². The first-order valence-corrected chi connectivity index (χ1v) is 7.00. The van der Waals surface area contributed by atoms with Crippen molar-refractivity contribution in [1.82, 2.24) is 0 Å². The molecule has 0 radical (unpaired) electrons. The van der Waals surface area contributed by atoms with Gasteiger partial charge in [0.2, 0.25) is 0 Å². The molecule has 0 aromatic heterocycles. The highest BCUT2D eigenvalue weighted by atomic mass is 19.3. The van der Waals surface area contributed by atoms with Gasteiger partial charge in [0, 0.05) is 29.9 Å². The summed E-state index contributed by atoms with van der Waals surface area (Å²) in [6.07, 6.45) is 1.98. The van der Waals surface area contributed by atoms with Crippen LogP contribution in [0.3, 0.4) is 0 Å². The van der Waals surface area contributed by atoms with Crippen LogP contribution in [-0.4, -0.2) is 24.2 Å². The number of hydrogen-bond acceptors (Lipinski definition) is 4. The number of benzene rings is 1. The Morgan fingerprint density at radius 3 is 2.71 bits per heavy atom. The van der Waals surface area contributed by atoms with E-state index in [0.29, 0.717) is 13.2 Å². The lowest BCUT2D eigenvalue weighted by atomic mass is 10.1. The minimum atomic E-state index is -2.76. The first kappa shape index (κ1) is 15.6. The molecule has 0 heterocycles. The van der Waals surface area contributed by atoms with Crippen LogP contribution < -0.4 is 5.32 Å². The van der Waals surface area contributed by atoms with E-state index in [4.69, 9.17) is 4.74 Å². The molecular formula is C14H18F2N2O3. The summed E-state index contributed by atoms with van der Waals surface area (Å²) in [5.41, 5.74) is -0.478. The summed E-state index contributed by atoms with van der Waals surface area (Å²) in [5.74, 6) is 0. The van der Waals surface area contributed by atoms with Crippen LogP contribution in [0, 0.1) is 10.1 Å². The molecule has 1 aromatic rings. The van der Waals surface area contributed by atoms with E-state index < -0.39 is 11.3 Å². The van der Waals surface area contributed by atoms with E-state index >= 15 is 0 Å². The van der Waals surface area contributed by atoms with Crippen LogP contribution in [0.2, 0.25) is 0 Å². The first-order valence-electron chi connectivity index (χ1n) is 7.00. The number of nitro groups is 1. The van der Waals surface area contributed by atoms with Gasteiger partial charge in [-0.25, -0.2) is 8.78 Å². The Morgan fingerprint density at radius 1 is 1.38 bits per heavy atom. The van der Waals surface area contributed by atoms with Crippen molar-refractivity contribution < 1.29 is 18.4 Å². The normalized spacial score (nSPS) is 15.6. The molecule has 0 spiro atoms. The average molecular weight is 300 g/mol. The van der Waals surface area contributed by atoms with Crippen LogP contribution >= 0.6 is 0 Å². The van der Waals surface area contributed by atoms with E-state index in [2.05, 4.69) is 5.32 Å². The predicted octanol–water partition coefficient (Wildman–Crippen LogP) is 3.90.